The first-order valence-electron chi connectivity index (χ1n) is 3.79. The average molecular weight is 234 g/mol. The Balaban J connectivity index is 3.13. The van der Waals surface area contributed by atoms with Gasteiger partial charge in [-0.05, 0) is 17.7 Å². The van der Waals surface area contributed by atoms with Crippen molar-refractivity contribution in [2.75, 3.05) is 0 Å². The topological polar surface area (TPSA) is 66.5 Å². The number of nitrogens with two attached hydrogens (primary N) is 1. The number of halogens is 2. The Morgan fingerprint density at radius 3 is 2.43 bits per heavy atom. The van der Waals surface area contributed by atoms with Crippen molar-refractivity contribution in [2.45, 2.75) is 6.23 Å². The van der Waals surface area contributed by atoms with E-state index in [0.717, 1.165) is 6.26 Å². The van der Waals surface area contributed by atoms with Crippen LogP contribution in [-0.2, 0) is 0 Å². The van der Waals surface area contributed by atoms with Crippen LogP contribution in [0.5, 0.6) is 0 Å². The van der Waals surface area contributed by atoms with Crippen LogP contribution >= 0.6 is 23.2 Å². The van der Waals surface area contributed by atoms with Crippen LogP contribution in [0.3, 0.4) is 0 Å². The zero-order valence-corrected chi connectivity index (χ0v) is 8.63. The highest BCUT2D eigenvalue weighted by Gasteiger charge is 2.10. The van der Waals surface area contributed by atoms with Crippen LogP contribution in [0, 0.1) is 0 Å². The first-order chi connectivity index (χ1) is 6.56. The highest BCUT2D eigenvalue weighted by atomic mass is 35.5. The van der Waals surface area contributed by atoms with Crippen LogP contribution < -0.4 is 5.73 Å². The third-order valence-corrected chi connectivity index (χ3v) is 2.45. The maximum Gasteiger partial charge on any atom is 0.132 e. The molecule has 0 saturated heterocycles. The molecule has 0 heterocycles. The summed E-state index contributed by atoms with van der Waals surface area (Å²) in [5.74, 6) is 0. The molecule has 0 spiro atoms. The fourth-order valence-electron chi connectivity index (χ4n) is 0.997. The van der Waals surface area contributed by atoms with Gasteiger partial charge in [0, 0.05) is 5.57 Å². The van der Waals surface area contributed by atoms with E-state index in [2.05, 4.69) is 0 Å². The summed E-state index contributed by atoms with van der Waals surface area (Å²) in [6.07, 6.45) is -0.512. The summed E-state index contributed by atoms with van der Waals surface area (Å²) in [6.45, 7) is 0. The van der Waals surface area contributed by atoms with Gasteiger partial charge in [-0.1, -0.05) is 29.3 Å². The average Bonchev–Trinajstić information content (AvgIpc) is 2.11. The van der Waals surface area contributed by atoms with Crippen LogP contribution in [0.4, 0.5) is 0 Å². The van der Waals surface area contributed by atoms with Gasteiger partial charge in [0.05, 0.1) is 16.3 Å². The molecular formula is C9H9Cl2NO2. The number of aliphatic hydroxyl groups is 2. The molecule has 14 heavy (non-hydrogen) atoms. The lowest BCUT2D eigenvalue weighted by Gasteiger charge is -2.09. The van der Waals surface area contributed by atoms with Crippen LogP contribution in [0.1, 0.15) is 5.56 Å². The SMILES string of the molecule is N[C@H](O)/C(=C\O)c1ccc(Cl)c(Cl)c1. The van der Waals surface area contributed by atoms with Crippen molar-refractivity contribution in [1.82, 2.24) is 0 Å². The number of aliphatic hydroxyl groups excluding tert-OH is 2. The van der Waals surface area contributed by atoms with E-state index >= 15 is 0 Å². The van der Waals surface area contributed by atoms with Gasteiger partial charge in [0.1, 0.15) is 6.23 Å². The lowest BCUT2D eigenvalue weighted by atomic mass is 10.1. The number of rotatable bonds is 2. The van der Waals surface area contributed by atoms with Crippen molar-refractivity contribution >= 4 is 28.8 Å². The maximum absolute atomic E-state index is 9.10. The van der Waals surface area contributed by atoms with Gasteiger partial charge < -0.3 is 15.9 Å². The van der Waals surface area contributed by atoms with Crippen LogP contribution in [0.2, 0.25) is 10.0 Å². The first-order valence-corrected chi connectivity index (χ1v) is 4.55. The second kappa shape index (κ2) is 4.66. The summed E-state index contributed by atoms with van der Waals surface area (Å²) in [7, 11) is 0. The Morgan fingerprint density at radius 2 is 2.00 bits per heavy atom. The van der Waals surface area contributed by atoms with Gasteiger partial charge in [0.2, 0.25) is 0 Å². The minimum atomic E-state index is -1.25. The summed E-state index contributed by atoms with van der Waals surface area (Å²) in [6, 6.07) is 4.68. The molecule has 0 unspecified atom stereocenters. The minimum absolute atomic E-state index is 0.184. The quantitative estimate of drug-likeness (QED) is 0.542. The van der Waals surface area contributed by atoms with Crippen molar-refractivity contribution in [1.29, 1.82) is 0 Å². The standard InChI is InChI=1S/C9H9Cl2NO2/c10-7-2-1-5(3-8(7)11)6(4-13)9(12)14/h1-4,9,13-14H,12H2/b6-4-/t9-/m1/s1. The van der Waals surface area contributed by atoms with Gasteiger partial charge in [-0.15, -0.1) is 0 Å². The highest BCUT2D eigenvalue weighted by molar-refractivity contribution is 6.42. The monoisotopic (exact) mass is 233 g/mol. The predicted octanol–water partition coefficient (Wildman–Crippen LogP) is 2.17. The highest BCUT2D eigenvalue weighted by Crippen LogP contribution is 2.26. The summed E-state index contributed by atoms with van der Waals surface area (Å²) in [4.78, 5) is 0. The normalized spacial score (nSPS) is 14.1. The summed E-state index contributed by atoms with van der Waals surface area (Å²) >= 11 is 11.5. The molecule has 76 valence electrons. The molecule has 1 rings (SSSR count). The van der Waals surface area contributed by atoms with E-state index < -0.39 is 6.23 Å². The molecule has 0 amide bonds. The van der Waals surface area contributed by atoms with Crippen molar-refractivity contribution < 1.29 is 10.2 Å². The molecule has 1 atom stereocenters. The van der Waals surface area contributed by atoms with Crippen LogP contribution in [0.15, 0.2) is 24.5 Å². The van der Waals surface area contributed by atoms with E-state index in [1.165, 1.54) is 6.07 Å². The van der Waals surface area contributed by atoms with Crippen molar-refractivity contribution in [3.8, 4) is 0 Å². The molecule has 0 radical (unpaired) electrons. The van der Waals surface area contributed by atoms with E-state index in [1.807, 2.05) is 0 Å². The molecule has 3 nitrogen and oxygen atoms in total. The summed E-state index contributed by atoms with van der Waals surface area (Å²) < 4.78 is 0. The number of hydrogen-bond donors (Lipinski definition) is 3. The van der Waals surface area contributed by atoms with E-state index in [4.69, 9.17) is 39.1 Å². The third-order valence-electron chi connectivity index (χ3n) is 1.71. The smallest absolute Gasteiger partial charge is 0.132 e. The molecular weight excluding hydrogens is 225 g/mol. The van der Waals surface area contributed by atoms with E-state index in [9.17, 15) is 0 Å². The Kier molecular flexibility index (Phi) is 3.77. The van der Waals surface area contributed by atoms with Crippen molar-refractivity contribution in [2.24, 2.45) is 5.73 Å². The Hall–Kier alpha value is -0.740. The lowest BCUT2D eigenvalue weighted by molar-refractivity contribution is 0.238. The summed E-state index contributed by atoms with van der Waals surface area (Å²) in [5.41, 5.74) is 5.93. The van der Waals surface area contributed by atoms with Gasteiger partial charge >= 0.3 is 0 Å². The van der Waals surface area contributed by atoms with E-state index in [0.29, 0.717) is 15.6 Å². The second-order valence-corrected chi connectivity index (χ2v) is 3.47. The molecule has 1 aromatic carbocycles. The van der Waals surface area contributed by atoms with E-state index in [-0.39, 0.29) is 5.57 Å². The third kappa shape index (κ3) is 2.39. The minimum Gasteiger partial charge on any atom is -0.515 e. The second-order valence-electron chi connectivity index (χ2n) is 2.66. The molecule has 0 aliphatic carbocycles. The molecule has 0 aromatic heterocycles. The molecule has 0 aliphatic heterocycles. The van der Waals surface area contributed by atoms with Gasteiger partial charge in [-0.2, -0.15) is 0 Å². The molecule has 5 heteroatoms. The van der Waals surface area contributed by atoms with Crippen LogP contribution in [0.25, 0.3) is 5.57 Å². The van der Waals surface area contributed by atoms with Gasteiger partial charge in [0.15, 0.2) is 0 Å². The molecule has 1 aromatic rings. The zero-order chi connectivity index (χ0) is 10.7. The first kappa shape index (κ1) is 11.3. The molecule has 4 N–H and O–H groups in total. The van der Waals surface area contributed by atoms with Gasteiger partial charge in [-0.25, -0.2) is 0 Å². The Labute approximate surface area is 91.4 Å². The van der Waals surface area contributed by atoms with Crippen molar-refractivity contribution in [3.05, 3.63) is 40.1 Å². The zero-order valence-electron chi connectivity index (χ0n) is 7.11. The number of benzene rings is 1. The molecule has 0 fully saturated rings. The van der Waals surface area contributed by atoms with Gasteiger partial charge in [-0.3, -0.25) is 0 Å². The van der Waals surface area contributed by atoms with Crippen LogP contribution in [-0.4, -0.2) is 16.4 Å². The summed E-state index contributed by atoms with van der Waals surface area (Å²) in [5, 5.41) is 18.7. The predicted molar refractivity (Wildman–Crippen MR) is 57.3 cm³/mol. The molecule has 0 saturated carbocycles. The maximum atomic E-state index is 9.10. The molecule has 0 aliphatic rings. The number of hydrogen-bond acceptors (Lipinski definition) is 3. The fraction of sp³-hybridized carbons (Fsp3) is 0.111. The Bertz CT molecular complexity index is 364. The largest absolute Gasteiger partial charge is 0.515 e. The fourth-order valence-corrected chi connectivity index (χ4v) is 1.30. The Morgan fingerprint density at radius 1 is 1.36 bits per heavy atom. The van der Waals surface area contributed by atoms with Crippen molar-refractivity contribution in [3.63, 3.8) is 0 Å². The van der Waals surface area contributed by atoms with E-state index in [1.54, 1.807) is 12.1 Å². The van der Waals surface area contributed by atoms with Gasteiger partial charge in [0.25, 0.3) is 0 Å². The molecule has 0 bridgehead atoms. The lowest BCUT2D eigenvalue weighted by Crippen LogP contribution is -2.20.